The monoisotopic (exact) mass is 252 g/mol. The molecular weight excluding hydrogens is 232 g/mol. The molecule has 19 heavy (non-hydrogen) atoms. The van der Waals surface area contributed by atoms with Crippen molar-refractivity contribution in [2.75, 3.05) is 0 Å². The average Bonchev–Trinajstić information content (AvgIpc) is 2.84. The first-order valence-electron chi connectivity index (χ1n) is 7.99. The molecule has 2 bridgehead atoms. The maximum absolute atomic E-state index is 12.7. The number of carbonyl (C=O) groups is 1. The highest BCUT2D eigenvalue weighted by atomic mass is 16.1. The van der Waals surface area contributed by atoms with Crippen molar-refractivity contribution in [3.8, 4) is 0 Å². The van der Waals surface area contributed by atoms with Gasteiger partial charge in [0.25, 0.3) is 0 Å². The Morgan fingerprint density at radius 2 is 1.74 bits per heavy atom. The summed E-state index contributed by atoms with van der Waals surface area (Å²) in [5.41, 5.74) is 3.94. The molecule has 0 aromatic heterocycles. The first kappa shape index (κ1) is 10.7. The summed E-state index contributed by atoms with van der Waals surface area (Å²) >= 11 is 0. The Kier molecular flexibility index (Phi) is 1.96. The third-order valence-electron chi connectivity index (χ3n) is 6.42. The molecule has 0 heterocycles. The van der Waals surface area contributed by atoms with Gasteiger partial charge in [0.1, 0.15) is 0 Å². The molecule has 98 valence electrons. The van der Waals surface area contributed by atoms with Crippen LogP contribution in [0.3, 0.4) is 0 Å². The maximum atomic E-state index is 12.7. The summed E-state index contributed by atoms with van der Waals surface area (Å²) < 4.78 is 0. The van der Waals surface area contributed by atoms with Crippen LogP contribution in [0, 0.1) is 29.6 Å². The minimum absolute atomic E-state index is 0.408. The summed E-state index contributed by atoms with van der Waals surface area (Å²) in [5.74, 6) is 4.24. The largest absolute Gasteiger partial charge is 0.294 e. The number of hydrogen-bond donors (Lipinski definition) is 0. The van der Waals surface area contributed by atoms with E-state index in [2.05, 4.69) is 18.2 Å². The Labute approximate surface area is 114 Å². The second-order valence-electron chi connectivity index (χ2n) is 7.21. The van der Waals surface area contributed by atoms with Crippen molar-refractivity contribution in [3.63, 3.8) is 0 Å². The average molecular weight is 252 g/mol. The molecule has 5 rings (SSSR count). The molecule has 0 saturated heterocycles. The number of carbonyl (C=O) groups excluding carboxylic acids is 1. The molecule has 0 amide bonds. The minimum Gasteiger partial charge on any atom is -0.294 e. The molecule has 0 N–H and O–H groups in total. The number of aryl methyl sites for hydroxylation is 2. The Bertz CT molecular complexity index is 557. The van der Waals surface area contributed by atoms with Crippen LogP contribution in [0.4, 0.5) is 0 Å². The summed E-state index contributed by atoms with van der Waals surface area (Å²) in [7, 11) is 0. The lowest BCUT2D eigenvalue weighted by atomic mass is 9.95. The molecule has 0 aliphatic heterocycles. The molecule has 4 atom stereocenters. The first-order valence-corrected chi connectivity index (χ1v) is 7.99. The van der Waals surface area contributed by atoms with E-state index in [-0.39, 0.29) is 0 Å². The molecule has 1 aromatic rings. The molecule has 3 saturated carbocycles. The smallest absolute Gasteiger partial charge is 0.166 e. The van der Waals surface area contributed by atoms with Gasteiger partial charge in [-0.3, -0.25) is 4.79 Å². The van der Waals surface area contributed by atoms with E-state index in [4.69, 9.17) is 0 Å². The molecular formula is C18H20O. The summed E-state index contributed by atoms with van der Waals surface area (Å²) in [5, 5.41) is 0. The molecule has 4 unspecified atom stereocenters. The van der Waals surface area contributed by atoms with Gasteiger partial charge in [-0.05, 0) is 79.4 Å². The van der Waals surface area contributed by atoms with E-state index in [1.54, 1.807) is 0 Å². The van der Waals surface area contributed by atoms with Crippen LogP contribution in [0.25, 0.3) is 0 Å². The van der Waals surface area contributed by atoms with Gasteiger partial charge >= 0.3 is 0 Å². The lowest BCUT2D eigenvalue weighted by Crippen LogP contribution is -2.10. The molecule has 4 aliphatic carbocycles. The lowest BCUT2D eigenvalue weighted by molar-refractivity contribution is 0.0944. The molecule has 4 aliphatic rings. The highest BCUT2D eigenvalue weighted by Crippen LogP contribution is 2.69. The van der Waals surface area contributed by atoms with Crippen molar-refractivity contribution in [3.05, 3.63) is 34.9 Å². The van der Waals surface area contributed by atoms with Gasteiger partial charge in [0, 0.05) is 11.5 Å². The van der Waals surface area contributed by atoms with E-state index in [1.165, 1.54) is 49.7 Å². The quantitative estimate of drug-likeness (QED) is 0.734. The molecule has 1 aromatic carbocycles. The maximum Gasteiger partial charge on any atom is 0.166 e. The van der Waals surface area contributed by atoms with Crippen LogP contribution < -0.4 is 0 Å². The third-order valence-corrected chi connectivity index (χ3v) is 6.42. The molecule has 0 radical (unpaired) electrons. The first-order chi connectivity index (χ1) is 9.33. The van der Waals surface area contributed by atoms with Gasteiger partial charge in [0.05, 0.1) is 0 Å². The van der Waals surface area contributed by atoms with Gasteiger partial charge in [0.15, 0.2) is 5.78 Å². The number of benzene rings is 1. The zero-order valence-electron chi connectivity index (χ0n) is 11.3. The van der Waals surface area contributed by atoms with E-state index < -0.39 is 0 Å². The fraction of sp³-hybridized carbons (Fsp3) is 0.611. The fourth-order valence-electron chi connectivity index (χ4n) is 5.59. The lowest BCUT2D eigenvalue weighted by Gasteiger charge is -2.09. The van der Waals surface area contributed by atoms with E-state index in [0.717, 1.165) is 29.2 Å². The molecule has 1 heteroatoms. The van der Waals surface area contributed by atoms with Crippen LogP contribution in [0.2, 0.25) is 0 Å². The normalized spacial score (nSPS) is 41.2. The summed E-state index contributed by atoms with van der Waals surface area (Å²) in [6, 6.07) is 6.52. The van der Waals surface area contributed by atoms with Gasteiger partial charge in [-0.25, -0.2) is 0 Å². The molecule has 1 nitrogen and oxygen atoms in total. The van der Waals surface area contributed by atoms with Crippen LogP contribution in [-0.2, 0) is 12.8 Å². The number of ketones is 1. The van der Waals surface area contributed by atoms with Gasteiger partial charge in [-0.2, -0.15) is 0 Å². The Balaban J connectivity index is 1.44. The number of fused-ring (bicyclic) bond motifs is 6. The van der Waals surface area contributed by atoms with Crippen molar-refractivity contribution in [1.29, 1.82) is 0 Å². The second-order valence-corrected chi connectivity index (χ2v) is 7.21. The number of rotatable bonds is 2. The number of Topliss-reactive ketones (excluding diaryl/α,β-unsaturated/α-hetero) is 1. The van der Waals surface area contributed by atoms with E-state index in [1.807, 2.05) is 0 Å². The predicted octanol–water partition coefficient (Wildman–Crippen LogP) is 3.65. The SMILES string of the molecule is O=C(c1ccc2c(c1)CCC2)C1C2C3CCC(C3)C12. The topological polar surface area (TPSA) is 17.1 Å². The Morgan fingerprint density at radius 1 is 1.00 bits per heavy atom. The van der Waals surface area contributed by atoms with Crippen molar-refractivity contribution in [1.82, 2.24) is 0 Å². The van der Waals surface area contributed by atoms with Gasteiger partial charge in [-0.15, -0.1) is 0 Å². The van der Waals surface area contributed by atoms with Crippen LogP contribution in [0.15, 0.2) is 18.2 Å². The highest BCUT2D eigenvalue weighted by molar-refractivity contribution is 6.00. The number of hydrogen-bond acceptors (Lipinski definition) is 1. The molecule has 3 fully saturated rings. The van der Waals surface area contributed by atoms with E-state index in [9.17, 15) is 4.79 Å². The minimum atomic E-state index is 0.408. The second kappa shape index (κ2) is 3.50. The summed E-state index contributed by atoms with van der Waals surface area (Å²) in [6.07, 6.45) is 7.90. The fourth-order valence-corrected chi connectivity index (χ4v) is 5.59. The van der Waals surface area contributed by atoms with Crippen molar-refractivity contribution < 1.29 is 4.79 Å². The highest BCUT2D eigenvalue weighted by Gasteiger charge is 2.67. The van der Waals surface area contributed by atoms with E-state index >= 15 is 0 Å². The van der Waals surface area contributed by atoms with Crippen LogP contribution >= 0.6 is 0 Å². The van der Waals surface area contributed by atoms with Crippen LogP contribution in [-0.4, -0.2) is 5.78 Å². The van der Waals surface area contributed by atoms with Gasteiger partial charge in [-0.1, -0.05) is 12.1 Å². The van der Waals surface area contributed by atoms with Crippen molar-refractivity contribution in [2.45, 2.75) is 38.5 Å². The third kappa shape index (κ3) is 1.34. The van der Waals surface area contributed by atoms with E-state index in [0.29, 0.717) is 11.7 Å². The zero-order chi connectivity index (χ0) is 12.6. The van der Waals surface area contributed by atoms with Crippen molar-refractivity contribution >= 4 is 5.78 Å². The summed E-state index contributed by atoms with van der Waals surface area (Å²) in [4.78, 5) is 12.7. The predicted molar refractivity (Wildman–Crippen MR) is 74.1 cm³/mol. The van der Waals surface area contributed by atoms with Crippen LogP contribution in [0.5, 0.6) is 0 Å². The Morgan fingerprint density at radius 3 is 2.53 bits per heavy atom. The zero-order valence-corrected chi connectivity index (χ0v) is 11.3. The summed E-state index contributed by atoms with van der Waals surface area (Å²) in [6.45, 7) is 0. The Hall–Kier alpha value is -1.11. The van der Waals surface area contributed by atoms with Gasteiger partial charge < -0.3 is 0 Å². The molecule has 0 spiro atoms. The standard InChI is InChI=1S/C18H20O/c19-18(14-7-4-10-2-1-3-11(10)8-14)17-15-12-5-6-13(9-12)16(15)17/h4,7-8,12-13,15-17H,1-3,5-6,9H2. The van der Waals surface area contributed by atoms with Crippen LogP contribution in [0.1, 0.15) is 47.2 Å². The van der Waals surface area contributed by atoms with Crippen molar-refractivity contribution in [2.24, 2.45) is 29.6 Å². The van der Waals surface area contributed by atoms with Gasteiger partial charge in [0.2, 0.25) is 0 Å².